The molecule has 1 aliphatic rings. The minimum absolute atomic E-state index is 0.00814. The molecule has 1 aliphatic carbocycles. The van der Waals surface area contributed by atoms with Crippen LogP contribution in [0.15, 0.2) is 0 Å². The van der Waals surface area contributed by atoms with E-state index in [0.717, 1.165) is 0 Å². The van der Waals surface area contributed by atoms with Gasteiger partial charge in [0.2, 0.25) is 11.8 Å². The van der Waals surface area contributed by atoms with Crippen LogP contribution in [0, 0.1) is 5.41 Å². The molecule has 0 aromatic carbocycles. The summed E-state index contributed by atoms with van der Waals surface area (Å²) < 4.78 is 5.62. The van der Waals surface area contributed by atoms with Crippen LogP contribution in [-0.4, -0.2) is 55.6 Å². The summed E-state index contributed by atoms with van der Waals surface area (Å²) in [5, 5.41) is 2.54. The monoisotopic (exact) mass is 285 g/mol. The number of carbonyl (C=O) groups excluding carboxylic acids is 2. The first-order chi connectivity index (χ1) is 9.20. The van der Waals surface area contributed by atoms with Crippen molar-refractivity contribution in [1.29, 1.82) is 0 Å². The zero-order valence-electron chi connectivity index (χ0n) is 13.2. The highest BCUT2D eigenvalue weighted by atomic mass is 16.5. The lowest BCUT2D eigenvalue weighted by molar-refractivity contribution is -0.178. The maximum atomic E-state index is 12.5. The molecule has 20 heavy (non-hydrogen) atoms. The molecule has 2 unspecified atom stereocenters. The van der Waals surface area contributed by atoms with Gasteiger partial charge in [0.15, 0.2) is 0 Å². The van der Waals surface area contributed by atoms with Crippen molar-refractivity contribution in [3.63, 3.8) is 0 Å². The number of hydrogen-bond acceptors (Lipinski definition) is 4. The average Bonchev–Trinajstić information content (AvgIpc) is 2.42. The number of hydrogen-bond donors (Lipinski definition) is 2. The van der Waals surface area contributed by atoms with E-state index in [-0.39, 0.29) is 24.3 Å². The largest absolute Gasteiger partial charge is 0.378 e. The molecule has 0 aliphatic heterocycles. The fourth-order valence-corrected chi connectivity index (χ4v) is 2.63. The third kappa shape index (κ3) is 2.81. The van der Waals surface area contributed by atoms with Gasteiger partial charge in [-0.3, -0.25) is 9.59 Å². The molecule has 1 fully saturated rings. The minimum Gasteiger partial charge on any atom is -0.378 e. The molecular weight excluding hydrogens is 258 g/mol. The van der Waals surface area contributed by atoms with Crippen molar-refractivity contribution < 1.29 is 14.3 Å². The van der Waals surface area contributed by atoms with Crippen LogP contribution in [0.25, 0.3) is 0 Å². The Labute approximate surface area is 121 Å². The highest BCUT2D eigenvalue weighted by Crippen LogP contribution is 2.50. The van der Waals surface area contributed by atoms with Crippen LogP contribution in [-0.2, 0) is 14.3 Å². The van der Waals surface area contributed by atoms with E-state index >= 15 is 0 Å². The van der Waals surface area contributed by atoms with Gasteiger partial charge in [0, 0.05) is 45.5 Å². The van der Waals surface area contributed by atoms with Gasteiger partial charge >= 0.3 is 0 Å². The summed E-state index contributed by atoms with van der Waals surface area (Å²) in [7, 11) is 3.26. The Morgan fingerprint density at radius 3 is 2.50 bits per heavy atom. The molecule has 0 radical (unpaired) electrons. The van der Waals surface area contributed by atoms with Gasteiger partial charge in [-0.2, -0.15) is 0 Å². The highest BCUT2D eigenvalue weighted by molar-refractivity contribution is 5.89. The summed E-state index contributed by atoms with van der Waals surface area (Å²) in [4.78, 5) is 25.3. The number of nitrogens with one attached hydrogen (secondary N) is 1. The Bertz CT molecular complexity index is 384. The van der Waals surface area contributed by atoms with Crippen molar-refractivity contribution in [2.75, 3.05) is 27.2 Å². The van der Waals surface area contributed by atoms with Gasteiger partial charge in [-0.25, -0.2) is 0 Å². The van der Waals surface area contributed by atoms with E-state index in [9.17, 15) is 9.59 Å². The first-order valence-corrected chi connectivity index (χ1v) is 7.07. The highest BCUT2D eigenvalue weighted by Gasteiger charge is 2.63. The third-order valence-electron chi connectivity index (χ3n) is 4.51. The van der Waals surface area contributed by atoms with Crippen molar-refractivity contribution in [2.24, 2.45) is 11.1 Å². The Kier molecular flexibility index (Phi) is 5.15. The summed E-state index contributed by atoms with van der Waals surface area (Å²) in [6, 6.07) is 0. The number of nitrogens with two attached hydrogens (primary N) is 1. The zero-order valence-corrected chi connectivity index (χ0v) is 13.2. The molecule has 0 bridgehead atoms. The standard InChI is InChI=1S/C14H27N3O3/c1-6-20-10-9-14(15,13(10,2)3)12(19)17(5)8-7-11(18)16-4/h10H,6-9,15H2,1-5H3,(H,16,18). The van der Waals surface area contributed by atoms with Crippen LogP contribution in [0.1, 0.15) is 33.6 Å². The second kappa shape index (κ2) is 6.10. The normalized spacial score (nSPS) is 27.6. The fourth-order valence-electron chi connectivity index (χ4n) is 2.63. The van der Waals surface area contributed by atoms with E-state index < -0.39 is 11.0 Å². The second-order valence-electron chi connectivity index (χ2n) is 5.99. The summed E-state index contributed by atoms with van der Waals surface area (Å²) in [5.74, 6) is -0.210. The molecule has 0 aromatic heterocycles. The number of ether oxygens (including phenoxy) is 1. The van der Waals surface area contributed by atoms with Crippen molar-refractivity contribution in [1.82, 2.24) is 10.2 Å². The van der Waals surface area contributed by atoms with Crippen molar-refractivity contribution in [3.8, 4) is 0 Å². The lowest BCUT2D eigenvalue weighted by Crippen LogP contribution is -2.75. The summed E-state index contributed by atoms with van der Waals surface area (Å²) >= 11 is 0. The Balaban J connectivity index is 2.65. The van der Waals surface area contributed by atoms with Gasteiger partial charge in [-0.05, 0) is 6.92 Å². The summed E-state index contributed by atoms with van der Waals surface area (Å²) in [5.41, 5.74) is 5.00. The average molecular weight is 285 g/mol. The number of carbonyl (C=O) groups is 2. The molecule has 2 amide bonds. The maximum Gasteiger partial charge on any atom is 0.243 e. The molecule has 116 valence electrons. The number of rotatable bonds is 6. The van der Waals surface area contributed by atoms with Crippen LogP contribution in [0.5, 0.6) is 0 Å². The molecule has 1 saturated carbocycles. The number of amides is 2. The van der Waals surface area contributed by atoms with Gasteiger partial charge in [-0.15, -0.1) is 0 Å². The molecule has 0 spiro atoms. The first kappa shape index (κ1) is 16.9. The van der Waals surface area contributed by atoms with Crippen LogP contribution >= 0.6 is 0 Å². The van der Waals surface area contributed by atoms with E-state index in [4.69, 9.17) is 10.5 Å². The van der Waals surface area contributed by atoms with E-state index in [0.29, 0.717) is 19.6 Å². The summed E-state index contributed by atoms with van der Waals surface area (Å²) in [6.07, 6.45) is 0.815. The molecular formula is C14H27N3O3. The van der Waals surface area contributed by atoms with Crippen LogP contribution < -0.4 is 11.1 Å². The Morgan fingerprint density at radius 2 is 2.05 bits per heavy atom. The molecule has 0 heterocycles. The smallest absolute Gasteiger partial charge is 0.243 e. The maximum absolute atomic E-state index is 12.5. The van der Waals surface area contributed by atoms with Gasteiger partial charge < -0.3 is 20.7 Å². The fraction of sp³-hybridized carbons (Fsp3) is 0.857. The van der Waals surface area contributed by atoms with Crippen LogP contribution in [0.4, 0.5) is 0 Å². The first-order valence-electron chi connectivity index (χ1n) is 7.07. The number of nitrogens with zero attached hydrogens (tertiary/aromatic N) is 1. The Hall–Kier alpha value is -1.14. The van der Waals surface area contributed by atoms with Crippen molar-refractivity contribution >= 4 is 11.8 Å². The molecule has 6 heteroatoms. The third-order valence-corrected chi connectivity index (χ3v) is 4.51. The summed E-state index contributed by atoms with van der Waals surface area (Å²) in [6.45, 7) is 6.84. The number of likely N-dealkylation sites (N-methyl/N-ethyl adjacent to an activating group) is 1. The van der Waals surface area contributed by atoms with Crippen molar-refractivity contribution in [2.45, 2.75) is 45.3 Å². The molecule has 1 rings (SSSR count). The van der Waals surface area contributed by atoms with Gasteiger partial charge in [-0.1, -0.05) is 13.8 Å². The van der Waals surface area contributed by atoms with Gasteiger partial charge in [0.25, 0.3) is 0 Å². The lowest BCUT2D eigenvalue weighted by Gasteiger charge is -2.58. The predicted octanol–water partition coefficient (Wildman–Crippen LogP) is 0.113. The van der Waals surface area contributed by atoms with Gasteiger partial charge in [0.05, 0.1) is 6.10 Å². The SMILES string of the molecule is CCOC1CC(N)(C(=O)N(C)CCC(=O)NC)C1(C)C. The Morgan fingerprint density at radius 1 is 1.45 bits per heavy atom. The molecule has 2 atom stereocenters. The molecule has 0 saturated heterocycles. The van der Waals surface area contributed by atoms with Crippen LogP contribution in [0.3, 0.4) is 0 Å². The molecule has 0 aromatic rings. The van der Waals surface area contributed by atoms with E-state index in [1.54, 1.807) is 19.0 Å². The van der Waals surface area contributed by atoms with E-state index in [1.807, 2.05) is 20.8 Å². The lowest BCUT2D eigenvalue weighted by atomic mass is 9.54. The van der Waals surface area contributed by atoms with E-state index in [2.05, 4.69) is 5.32 Å². The van der Waals surface area contributed by atoms with E-state index in [1.165, 1.54) is 0 Å². The predicted molar refractivity (Wildman–Crippen MR) is 77.1 cm³/mol. The molecule has 3 N–H and O–H groups in total. The topological polar surface area (TPSA) is 84.7 Å². The van der Waals surface area contributed by atoms with Gasteiger partial charge in [0.1, 0.15) is 5.54 Å². The van der Waals surface area contributed by atoms with Crippen LogP contribution in [0.2, 0.25) is 0 Å². The second-order valence-corrected chi connectivity index (χ2v) is 5.99. The minimum atomic E-state index is -0.912. The zero-order chi connectivity index (χ0) is 15.6. The van der Waals surface area contributed by atoms with Crippen molar-refractivity contribution in [3.05, 3.63) is 0 Å². The quantitative estimate of drug-likeness (QED) is 0.725. The molecule has 6 nitrogen and oxygen atoms in total.